The van der Waals surface area contributed by atoms with Gasteiger partial charge in [-0.05, 0) is 79.9 Å². The van der Waals surface area contributed by atoms with Crippen molar-refractivity contribution in [1.29, 1.82) is 5.26 Å². The molecule has 0 saturated carbocycles. The first-order chi connectivity index (χ1) is 14.9. The topological polar surface area (TPSA) is 93.2 Å². The third-order valence-corrected chi connectivity index (χ3v) is 6.61. The SMILES string of the molecule is N#C/C(=C\c1cc(Br)c(OS(=O)(=O)c2ccccc2)c(Br)c1)c1nc2ccccc2o1. The number of oxazole rings is 1. The lowest BCUT2D eigenvalue weighted by atomic mass is 10.1. The van der Waals surface area contributed by atoms with Crippen molar-refractivity contribution >= 4 is 64.7 Å². The molecule has 1 heterocycles. The first kappa shape index (κ1) is 21.3. The number of fused-ring (bicyclic) bond motifs is 1. The van der Waals surface area contributed by atoms with Gasteiger partial charge in [0.15, 0.2) is 11.3 Å². The number of halogens is 2. The molecule has 0 aliphatic heterocycles. The number of aromatic nitrogens is 1. The van der Waals surface area contributed by atoms with E-state index in [4.69, 9.17) is 8.60 Å². The minimum Gasteiger partial charge on any atom is -0.435 e. The van der Waals surface area contributed by atoms with Crippen LogP contribution in [0.5, 0.6) is 5.75 Å². The van der Waals surface area contributed by atoms with Crippen molar-refractivity contribution in [2.24, 2.45) is 0 Å². The normalized spacial score (nSPS) is 12.0. The van der Waals surface area contributed by atoms with E-state index in [0.717, 1.165) is 0 Å². The minimum absolute atomic E-state index is 0.0421. The van der Waals surface area contributed by atoms with E-state index in [1.54, 1.807) is 48.5 Å². The van der Waals surface area contributed by atoms with E-state index in [2.05, 4.69) is 42.9 Å². The predicted molar refractivity (Wildman–Crippen MR) is 124 cm³/mol. The average molecular weight is 560 g/mol. The highest BCUT2D eigenvalue weighted by atomic mass is 79.9. The molecule has 0 unspecified atom stereocenters. The third kappa shape index (κ3) is 4.56. The number of hydrogen-bond acceptors (Lipinski definition) is 6. The largest absolute Gasteiger partial charge is 0.435 e. The molecular formula is C22H12Br2N2O4S. The Morgan fingerprint density at radius 2 is 1.68 bits per heavy atom. The fourth-order valence-corrected chi connectivity index (χ4v) is 5.37. The molecule has 0 saturated heterocycles. The van der Waals surface area contributed by atoms with E-state index in [9.17, 15) is 13.7 Å². The maximum Gasteiger partial charge on any atom is 0.339 e. The molecule has 0 amide bonds. The van der Waals surface area contributed by atoms with Crippen molar-refractivity contribution in [3.8, 4) is 11.8 Å². The number of rotatable bonds is 5. The van der Waals surface area contributed by atoms with E-state index in [0.29, 0.717) is 25.6 Å². The van der Waals surface area contributed by atoms with Crippen LogP contribution < -0.4 is 4.18 Å². The number of benzene rings is 3. The molecule has 9 heteroatoms. The fourth-order valence-electron chi connectivity index (χ4n) is 2.78. The first-order valence-corrected chi connectivity index (χ1v) is 11.8. The molecule has 4 aromatic rings. The van der Waals surface area contributed by atoms with Gasteiger partial charge in [0.05, 0.1) is 8.95 Å². The summed E-state index contributed by atoms with van der Waals surface area (Å²) in [5.74, 6) is 0.296. The molecule has 0 N–H and O–H groups in total. The number of nitrogens with zero attached hydrogens (tertiary/aromatic N) is 2. The molecule has 0 fully saturated rings. The predicted octanol–water partition coefficient (Wildman–Crippen LogP) is 6.18. The molecule has 0 aliphatic carbocycles. The second-order valence-electron chi connectivity index (χ2n) is 6.32. The van der Waals surface area contributed by atoms with Gasteiger partial charge in [-0.15, -0.1) is 0 Å². The quantitative estimate of drug-likeness (QED) is 0.214. The molecule has 6 nitrogen and oxygen atoms in total. The number of para-hydroxylation sites is 2. The summed E-state index contributed by atoms with van der Waals surface area (Å²) < 4.78 is 36.9. The molecule has 0 bridgehead atoms. The van der Waals surface area contributed by atoms with Crippen molar-refractivity contribution in [3.63, 3.8) is 0 Å². The molecule has 31 heavy (non-hydrogen) atoms. The zero-order valence-corrected chi connectivity index (χ0v) is 19.6. The summed E-state index contributed by atoms with van der Waals surface area (Å²) in [6.07, 6.45) is 1.59. The van der Waals surface area contributed by atoms with Crippen LogP contribution in [0.25, 0.3) is 22.7 Å². The third-order valence-electron chi connectivity index (χ3n) is 4.20. The van der Waals surface area contributed by atoms with Crippen LogP contribution in [0, 0.1) is 11.3 Å². The van der Waals surface area contributed by atoms with Gasteiger partial charge in [-0.1, -0.05) is 30.3 Å². The van der Waals surface area contributed by atoms with E-state index in [1.807, 2.05) is 12.1 Å². The Balaban J connectivity index is 1.68. The Morgan fingerprint density at radius 3 is 2.32 bits per heavy atom. The molecule has 1 aromatic heterocycles. The summed E-state index contributed by atoms with van der Waals surface area (Å²) in [6.45, 7) is 0. The number of hydrogen-bond donors (Lipinski definition) is 0. The molecule has 0 spiro atoms. The van der Waals surface area contributed by atoms with Gasteiger partial charge in [0, 0.05) is 0 Å². The van der Waals surface area contributed by atoms with Crippen LogP contribution >= 0.6 is 31.9 Å². The summed E-state index contributed by atoms with van der Waals surface area (Å²) in [7, 11) is -4.01. The monoisotopic (exact) mass is 558 g/mol. The first-order valence-electron chi connectivity index (χ1n) is 8.84. The average Bonchev–Trinajstić information content (AvgIpc) is 3.19. The van der Waals surface area contributed by atoms with Gasteiger partial charge in [-0.3, -0.25) is 0 Å². The Labute approximate surface area is 195 Å². The van der Waals surface area contributed by atoms with E-state index in [1.165, 1.54) is 12.1 Å². The van der Waals surface area contributed by atoms with Gasteiger partial charge < -0.3 is 8.60 Å². The smallest absolute Gasteiger partial charge is 0.339 e. The van der Waals surface area contributed by atoms with Crippen molar-refractivity contribution in [3.05, 3.63) is 87.1 Å². The number of nitriles is 1. The van der Waals surface area contributed by atoms with E-state index in [-0.39, 0.29) is 22.1 Å². The lowest BCUT2D eigenvalue weighted by Crippen LogP contribution is -2.10. The Hall–Kier alpha value is -2.93. The van der Waals surface area contributed by atoms with E-state index >= 15 is 0 Å². The molecule has 0 radical (unpaired) electrons. The van der Waals surface area contributed by atoms with Gasteiger partial charge in [-0.2, -0.15) is 13.7 Å². The fraction of sp³-hybridized carbons (Fsp3) is 0. The summed E-state index contributed by atoms with van der Waals surface area (Å²) in [5, 5.41) is 9.59. The summed E-state index contributed by atoms with van der Waals surface area (Å²) >= 11 is 6.70. The standard InChI is InChI=1S/C22H12Br2N2O4S/c23-17-11-14(10-15(13-25)22-26-19-8-4-5-9-20(19)29-22)12-18(24)21(17)30-31(27,28)16-6-2-1-3-7-16/h1-12H/b15-10+. The van der Waals surface area contributed by atoms with Crippen LogP contribution in [0.1, 0.15) is 11.5 Å². The van der Waals surface area contributed by atoms with Crippen LogP contribution in [0.4, 0.5) is 0 Å². The van der Waals surface area contributed by atoms with Crippen molar-refractivity contribution < 1.29 is 17.0 Å². The zero-order valence-electron chi connectivity index (χ0n) is 15.6. The molecule has 0 atom stereocenters. The van der Waals surface area contributed by atoms with Crippen LogP contribution in [-0.4, -0.2) is 13.4 Å². The van der Waals surface area contributed by atoms with Crippen molar-refractivity contribution in [2.45, 2.75) is 4.90 Å². The van der Waals surface area contributed by atoms with Gasteiger partial charge in [-0.25, -0.2) is 4.98 Å². The Bertz CT molecular complexity index is 1400. The molecule has 154 valence electrons. The summed E-state index contributed by atoms with van der Waals surface area (Å²) in [5.41, 5.74) is 2.06. The van der Waals surface area contributed by atoms with Gasteiger partial charge in [0.1, 0.15) is 22.1 Å². The van der Waals surface area contributed by atoms with Gasteiger partial charge in [0.2, 0.25) is 5.89 Å². The van der Waals surface area contributed by atoms with Crippen LogP contribution in [0.15, 0.2) is 85.0 Å². The highest BCUT2D eigenvalue weighted by molar-refractivity contribution is 9.11. The lowest BCUT2D eigenvalue weighted by Gasteiger charge is -2.11. The number of allylic oxidation sites excluding steroid dienone is 1. The maximum absolute atomic E-state index is 12.5. The Morgan fingerprint density at radius 1 is 1.03 bits per heavy atom. The maximum atomic E-state index is 12.5. The molecule has 0 aliphatic rings. The highest BCUT2D eigenvalue weighted by Gasteiger charge is 2.20. The molecule has 4 rings (SSSR count). The second kappa shape index (κ2) is 8.67. The van der Waals surface area contributed by atoms with Crippen molar-refractivity contribution in [1.82, 2.24) is 4.98 Å². The molecular weight excluding hydrogens is 548 g/mol. The molecule has 3 aromatic carbocycles. The van der Waals surface area contributed by atoms with Crippen molar-refractivity contribution in [2.75, 3.05) is 0 Å². The minimum atomic E-state index is -4.01. The van der Waals surface area contributed by atoms with Gasteiger partial charge >= 0.3 is 10.1 Å². The van der Waals surface area contributed by atoms with E-state index < -0.39 is 10.1 Å². The summed E-state index contributed by atoms with van der Waals surface area (Å²) in [6, 6.07) is 20.4. The second-order valence-corrected chi connectivity index (χ2v) is 9.58. The Kier molecular flexibility index (Phi) is 5.96. The van der Waals surface area contributed by atoms with Crippen LogP contribution in [0.2, 0.25) is 0 Å². The highest BCUT2D eigenvalue weighted by Crippen LogP contribution is 2.37. The zero-order chi connectivity index (χ0) is 22.0. The van der Waals surface area contributed by atoms with Gasteiger partial charge in [0.25, 0.3) is 0 Å². The summed E-state index contributed by atoms with van der Waals surface area (Å²) in [4.78, 5) is 4.38. The van der Waals surface area contributed by atoms with Crippen LogP contribution in [0.3, 0.4) is 0 Å². The van der Waals surface area contributed by atoms with Crippen LogP contribution in [-0.2, 0) is 10.1 Å². The lowest BCUT2D eigenvalue weighted by molar-refractivity contribution is 0.483.